The Morgan fingerprint density at radius 1 is 1.36 bits per heavy atom. The molecule has 1 aliphatic rings. The maximum Gasteiger partial charge on any atom is 0.407 e. The van der Waals surface area contributed by atoms with Gasteiger partial charge in [-0.15, -0.1) is 0 Å². The Bertz CT molecular complexity index is 749. The number of carbonyl (C=O) groups is 1. The number of nitrogens with zero attached hydrogens (tertiary/aromatic N) is 3. The van der Waals surface area contributed by atoms with Crippen LogP contribution in [0.15, 0.2) is 29.1 Å². The third-order valence-corrected chi connectivity index (χ3v) is 4.28. The first kappa shape index (κ1) is 14.6. The SMILES string of the molecule is Cn1c(=O)n(CC[C@@H]2CN(C(=O)O)CCN2)c2ccccc21. The minimum atomic E-state index is -0.881. The Kier molecular flexibility index (Phi) is 3.89. The Hall–Kier alpha value is -2.28. The molecule has 7 nitrogen and oxygen atoms in total. The zero-order valence-corrected chi connectivity index (χ0v) is 12.5. The molecule has 0 radical (unpaired) electrons. The average molecular weight is 304 g/mol. The van der Waals surface area contributed by atoms with Crippen LogP contribution in [0.25, 0.3) is 11.0 Å². The number of rotatable bonds is 3. The summed E-state index contributed by atoms with van der Waals surface area (Å²) in [6.07, 6.45) is -0.161. The summed E-state index contributed by atoms with van der Waals surface area (Å²) in [5.74, 6) is 0. The molecule has 2 aromatic rings. The summed E-state index contributed by atoms with van der Waals surface area (Å²) < 4.78 is 3.41. The van der Waals surface area contributed by atoms with E-state index in [1.807, 2.05) is 24.3 Å². The number of aryl methyl sites for hydroxylation is 2. The molecule has 1 aromatic carbocycles. The monoisotopic (exact) mass is 304 g/mol. The number of carboxylic acid groups (broad SMARTS) is 1. The van der Waals surface area contributed by atoms with Gasteiger partial charge in [-0.2, -0.15) is 0 Å². The van der Waals surface area contributed by atoms with E-state index in [4.69, 9.17) is 5.11 Å². The van der Waals surface area contributed by atoms with E-state index in [-0.39, 0.29) is 11.7 Å². The van der Waals surface area contributed by atoms with Gasteiger partial charge >= 0.3 is 11.8 Å². The largest absolute Gasteiger partial charge is 0.465 e. The number of aromatic nitrogens is 2. The fourth-order valence-corrected chi connectivity index (χ4v) is 3.06. The Labute approximate surface area is 127 Å². The summed E-state index contributed by atoms with van der Waals surface area (Å²) in [6, 6.07) is 7.78. The summed E-state index contributed by atoms with van der Waals surface area (Å²) in [7, 11) is 1.77. The highest BCUT2D eigenvalue weighted by Gasteiger charge is 2.23. The Morgan fingerprint density at radius 3 is 2.82 bits per heavy atom. The lowest BCUT2D eigenvalue weighted by atomic mass is 10.1. The van der Waals surface area contributed by atoms with Gasteiger partial charge in [-0.1, -0.05) is 12.1 Å². The maximum atomic E-state index is 12.3. The van der Waals surface area contributed by atoms with Gasteiger partial charge < -0.3 is 15.3 Å². The van der Waals surface area contributed by atoms with Crippen molar-refractivity contribution in [1.82, 2.24) is 19.4 Å². The second kappa shape index (κ2) is 5.84. The molecule has 2 heterocycles. The predicted molar refractivity (Wildman–Crippen MR) is 83.2 cm³/mol. The predicted octanol–water partition coefficient (Wildman–Crippen LogP) is 0.682. The second-order valence-electron chi connectivity index (χ2n) is 5.65. The molecule has 0 unspecified atom stereocenters. The van der Waals surface area contributed by atoms with E-state index in [1.165, 1.54) is 4.90 Å². The highest BCUT2D eigenvalue weighted by atomic mass is 16.4. The quantitative estimate of drug-likeness (QED) is 0.874. The van der Waals surface area contributed by atoms with Crippen molar-refractivity contribution in [1.29, 1.82) is 0 Å². The van der Waals surface area contributed by atoms with Crippen LogP contribution in [0.1, 0.15) is 6.42 Å². The van der Waals surface area contributed by atoms with Crippen molar-refractivity contribution >= 4 is 17.1 Å². The number of fused-ring (bicyclic) bond motifs is 1. The van der Waals surface area contributed by atoms with Gasteiger partial charge in [-0.25, -0.2) is 9.59 Å². The molecule has 22 heavy (non-hydrogen) atoms. The van der Waals surface area contributed by atoms with Crippen LogP contribution < -0.4 is 11.0 Å². The molecule has 1 aromatic heterocycles. The topological polar surface area (TPSA) is 79.5 Å². The van der Waals surface area contributed by atoms with E-state index in [1.54, 1.807) is 16.2 Å². The van der Waals surface area contributed by atoms with Gasteiger partial charge in [0.2, 0.25) is 0 Å². The van der Waals surface area contributed by atoms with Crippen molar-refractivity contribution in [2.75, 3.05) is 19.6 Å². The first-order valence-electron chi connectivity index (χ1n) is 7.43. The molecule has 7 heteroatoms. The van der Waals surface area contributed by atoms with Crippen LogP contribution in [0.5, 0.6) is 0 Å². The molecule has 1 fully saturated rings. The van der Waals surface area contributed by atoms with E-state index in [0.717, 1.165) is 17.5 Å². The van der Waals surface area contributed by atoms with Gasteiger partial charge in [0.15, 0.2) is 0 Å². The maximum absolute atomic E-state index is 12.3. The summed E-state index contributed by atoms with van der Waals surface area (Å²) in [5, 5.41) is 12.4. The van der Waals surface area contributed by atoms with Gasteiger partial charge in [0.05, 0.1) is 11.0 Å². The lowest BCUT2D eigenvalue weighted by molar-refractivity contribution is 0.127. The zero-order valence-electron chi connectivity index (χ0n) is 12.5. The number of piperazine rings is 1. The summed E-state index contributed by atoms with van der Waals surface area (Å²) in [4.78, 5) is 24.8. The zero-order chi connectivity index (χ0) is 15.7. The first-order valence-corrected chi connectivity index (χ1v) is 7.43. The minimum absolute atomic E-state index is 0.0351. The van der Waals surface area contributed by atoms with Gasteiger partial charge in [0.1, 0.15) is 0 Å². The van der Waals surface area contributed by atoms with Crippen molar-refractivity contribution < 1.29 is 9.90 Å². The van der Waals surface area contributed by atoms with Crippen molar-refractivity contribution in [2.24, 2.45) is 7.05 Å². The smallest absolute Gasteiger partial charge is 0.407 e. The number of hydrogen-bond donors (Lipinski definition) is 2. The fourth-order valence-electron chi connectivity index (χ4n) is 3.06. The molecular weight excluding hydrogens is 284 g/mol. The van der Waals surface area contributed by atoms with Crippen LogP contribution in [0, 0.1) is 0 Å². The number of hydrogen-bond acceptors (Lipinski definition) is 3. The Morgan fingerprint density at radius 2 is 2.09 bits per heavy atom. The van der Waals surface area contributed by atoms with Crippen molar-refractivity contribution in [3.8, 4) is 0 Å². The van der Waals surface area contributed by atoms with Gasteiger partial charge in [-0.3, -0.25) is 9.13 Å². The molecule has 0 aliphatic carbocycles. The van der Waals surface area contributed by atoms with Crippen molar-refractivity contribution in [2.45, 2.75) is 19.0 Å². The number of amides is 1. The third-order valence-electron chi connectivity index (χ3n) is 4.28. The van der Waals surface area contributed by atoms with Crippen LogP contribution in [0.4, 0.5) is 4.79 Å². The van der Waals surface area contributed by atoms with Gasteiger partial charge in [0, 0.05) is 39.3 Å². The molecule has 1 atom stereocenters. The second-order valence-corrected chi connectivity index (χ2v) is 5.65. The molecule has 1 saturated heterocycles. The molecule has 0 bridgehead atoms. The number of nitrogens with one attached hydrogen (secondary N) is 1. The van der Waals surface area contributed by atoms with E-state index < -0.39 is 6.09 Å². The molecule has 1 aliphatic heterocycles. The van der Waals surface area contributed by atoms with E-state index in [2.05, 4.69) is 5.32 Å². The fraction of sp³-hybridized carbons (Fsp3) is 0.467. The summed E-state index contributed by atoms with van der Waals surface area (Å²) >= 11 is 0. The van der Waals surface area contributed by atoms with Crippen LogP contribution in [0.2, 0.25) is 0 Å². The third kappa shape index (κ3) is 2.59. The van der Waals surface area contributed by atoms with E-state index in [0.29, 0.717) is 26.2 Å². The van der Waals surface area contributed by atoms with Gasteiger partial charge in [-0.05, 0) is 18.6 Å². The van der Waals surface area contributed by atoms with Gasteiger partial charge in [0.25, 0.3) is 0 Å². The number of benzene rings is 1. The molecule has 3 rings (SSSR count). The van der Waals surface area contributed by atoms with E-state index in [9.17, 15) is 9.59 Å². The van der Waals surface area contributed by atoms with Crippen LogP contribution in [-0.2, 0) is 13.6 Å². The molecule has 1 amide bonds. The first-order chi connectivity index (χ1) is 10.6. The van der Waals surface area contributed by atoms with Crippen molar-refractivity contribution in [3.05, 3.63) is 34.7 Å². The van der Waals surface area contributed by atoms with E-state index >= 15 is 0 Å². The number of para-hydroxylation sites is 2. The molecule has 2 N–H and O–H groups in total. The normalized spacial score (nSPS) is 18.8. The lowest BCUT2D eigenvalue weighted by Crippen LogP contribution is -2.52. The summed E-state index contributed by atoms with van der Waals surface area (Å²) in [6.45, 7) is 2.21. The molecule has 0 saturated carbocycles. The average Bonchev–Trinajstić information content (AvgIpc) is 2.78. The van der Waals surface area contributed by atoms with Crippen LogP contribution in [0.3, 0.4) is 0 Å². The highest BCUT2D eigenvalue weighted by molar-refractivity contribution is 5.75. The van der Waals surface area contributed by atoms with Crippen LogP contribution >= 0.6 is 0 Å². The Balaban J connectivity index is 1.76. The minimum Gasteiger partial charge on any atom is -0.465 e. The summed E-state index contributed by atoms with van der Waals surface area (Å²) in [5.41, 5.74) is 1.80. The molecule has 118 valence electrons. The van der Waals surface area contributed by atoms with Crippen LogP contribution in [-0.4, -0.2) is 50.9 Å². The highest BCUT2D eigenvalue weighted by Crippen LogP contribution is 2.13. The number of imidazole rings is 1. The standard InChI is InChI=1S/C15H20N4O3/c1-17-12-4-2-3-5-13(12)19(14(17)20)8-6-11-10-18(15(21)22)9-7-16-11/h2-5,11,16H,6-10H2,1H3,(H,21,22)/t11-/m1/s1. The molecular formula is C15H20N4O3. The molecule has 0 spiro atoms. The lowest BCUT2D eigenvalue weighted by Gasteiger charge is -2.31. The van der Waals surface area contributed by atoms with Crippen molar-refractivity contribution in [3.63, 3.8) is 0 Å².